The van der Waals surface area contributed by atoms with E-state index in [0.717, 1.165) is 29.1 Å². The summed E-state index contributed by atoms with van der Waals surface area (Å²) in [5.41, 5.74) is 7.81. The predicted octanol–water partition coefficient (Wildman–Crippen LogP) is 3.19. The topological polar surface area (TPSA) is 53.1 Å². The first-order valence-electron chi connectivity index (χ1n) is 7.79. The van der Waals surface area contributed by atoms with Crippen molar-refractivity contribution in [1.29, 1.82) is 0 Å². The highest BCUT2D eigenvalue weighted by Crippen LogP contribution is 2.13. The molecule has 122 valence electrons. The van der Waals surface area contributed by atoms with Gasteiger partial charge in [0, 0.05) is 30.9 Å². The number of rotatable bonds is 7. The third kappa shape index (κ3) is 4.00. The van der Waals surface area contributed by atoms with Crippen molar-refractivity contribution < 1.29 is 4.74 Å². The molecule has 0 aliphatic heterocycles. The second-order valence-electron chi connectivity index (χ2n) is 5.40. The fourth-order valence-corrected chi connectivity index (χ4v) is 2.77. The van der Waals surface area contributed by atoms with Crippen LogP contribution in [0.4, 0.5) is 0 Å². The van der Waals surface area contributed by atoms with Crippen LogP contribution in [0.5, 0.6) is 5.75 Å². The lowest BCUT2D eigenvalue weighted by Crippen LogP contribution is -2.15. The smallest absolute Gasteiger partial charge is 0.119 e. The van der Waals surface area contributed by atoms with Gasteiger partial charge in [0.05, 0.1) is 6.61 Å². The zero-order chi connectivity index (χ0) is 16.8. The van der Waals surface area contributed by atoms with Gasteiger partial charge in [0.2, 0.25) is 0 Å². The number of hydrogen-bond acceptors (Lipinski definition) is 3. The molecule has 1 aromatic heterocycles. The third-order valence-corrected chi connectivity index (χ3v) is 3.98. The van der Waals surface area contributed by atoms with Crippen LogP contribution in [-0.4, -0.2) is 21.1 Å². The van der Waals surface area contributed by atoms with Crippen molar-refractivity contribution in [1.82, 2.24) is 9.55 Å². The first kappa shape index (κ1) is 16.2. The quantitative estimate of drug-likeness (QED) is 0.673. The summed E-state index contributed by atoms with van der Waals surface area (Å²) in [5, 5.41) is 0. The van der Waals surface area contributed by atoms with Gasteiger partial charge >= 0.3 is 0 Å². The van der Waals surface area contributed by atoms with Gasteiger partial charge in [-0.25, -0.2) is 4.98 Å². The Morgan fingerprint density at radius 3 is 2.62 bits per heavy atom. The lowest BCUT2D eigenvalue weighted by Gasteiger charge is -2.12. The van der Waals surface area contributed by atoms with E-state index in [2.05, 4.69) is 9.55 Å². The van der Waals surface area contributed by atoms with Crippen LogP contribution >= 0.6 is 12.2 Å². The molecule has 0 radical (unpaired) electrons. The van der Waals surface area contributed by atoms with Gasteiger partial charge in [0.15, 0.2) is 0 Å². The molecule has 2 aromatic carbocycles. The number of ether oxygens (including phenoxy) is 1. The Morgan fingerprint density at radius 1 is 1.08 bits per heavy atom. The minimum Gasteiger partial charge on any atom is -0.493 e. The SMILES string of the molecule is NC(=S)c1ccccc1Cn1ccnc1CCOc1ccccc1. The number of benzene rings is 2. The van der Waals surface area contributed by atoms with Crippen LogP contribution in [0, 0.1) is 0 Å². The van der Waals surface area contributed by atoms with E-state index in [4.69, 9.17) is 22.7 Å². The van der Waals surface area contributed by atoms with Crippen molar-refractivity contribution in [3.05, 3.63) is 83.9 Å². The molecule has 0 unspecified atom stereocenters. The van der Waals surface area contributed by atoms with Crippen molar-refractivity contribution in [2.24, 2.45) is 5.73 Å². The third-order valence-electron chi connectivity index (χ3n) is 3.76. The van der Waals surface area contributed by atoms with Crippen LogP contribution in [-0.2, 0) is 13.0 Å². The van der Waals surface area contributed by atoms with Gasteiger partial charge in [-0.3, -0.25) is 0 Å². The normalized spacial score (nSPS) is 10.5. The molecule has 0 spiro atoms. The molecule has 0 atom stereocenters. The molecule has 24 heavy (non-hydrogen) atoms. The summed E-state index contributed by atoms with van der Waals surface area (Å²) in [6.07, 6.45) is 4.51. The van der Waals surface area contributed by atoms with E-state index >= 15 is 0 Å². The van der Waals surface area contributed by atoms with Crippen molar-refractivity contribution in [2.45, 2.75) is 13.0 Å². The Hall–Kier alpha value is -2.66. The predicted molar refractivity (Wildman–Crippen MR) is 99.3 cm³/mol. The zero-order valence-electron chi connectivity index (χ0n) is 13.3. The van der Waals surface area contributed by atoms with Crippen molar-refractivity contribution >= 4 is 17.2 Å². The number of nitrogens with zero attached hydrogens (tertiary/aromatic N) is 2. The Bertz CT molecular complexity index is 814. The first-order valence-corrected chi connectivity index (χ1v) is 8.20. The monoisotopic (exact) mass is 337 g/mol. The van der Waals surface area contributed by atoms with Crippen molar-refractivity contribution in [3.63, 3.8) is 0 Å². The molecule has 0 bridgehead atoms. The summed E-state index contributed by atoms with van der Waals surface area (Å²) in [5.74, 6) is 1.85. The average Bonchev–Trinajstić information content (AvgIpc) is 3.03. The molecule has 3 rings (SSSR count). The first-order chi connectivity index (χ1) is 11.7. The number of nitrogens with two attached hydrogens (primary N) is 1. The summed E-state index contributed by atoms with van der Waals surface area (Å²) in [4.78, 5) is 4.85. The Morgan fingerprint density at radius 2 is 1.83 bits per heavy atom. The molecule has 0 amide bonds. The van der Waals surface area contributed by atoms with E-state index in [1.54, 1.807) is 6.20 Å². The Balaban J connectivity index is 1.66. The largest absolute Gasteiger partial charge is 0.493 e. The fraction of sp³-hybridized carbons (Fsp3) is 0.158. The van der Waals surface area contributed by atoms with Crippen LogP contribution in [0.25, 0.3) is 0 Å². The summed E-state index contributed by atoms with van der Waals surface area (Å²) < 4.78 is 7.86. The maximum atomic E-state index is 5.81. The number of aromatic nitrogens is 2. The van der Waals surface area contributed by atoms with E-state index in [1.165, 1.54) is 0 Å². The van der Waals surface area contributed by atoms with Crippen LogP contribution in [0.2, 0.25) is 0 Å². The van der Waals surface area contributed by atoms with E-state index in [0.29, 0.717) is 18.1 Å². The molecule has 2 N–H and O–H groups in total. The number of thiocarbonyl (C=S) groups is 1. The van der Waals surface area contributed by atoms with Gasteiger partial charge in [-0.1, -0.05) is 54.7 Å². The molecule has 0 saturated carbocycles. The standard InChI is InChI=1S/C19H19N3OS/c20-19(24)17-9-5-4-6-15(17)14-22-12-11-21-18(22)10-13-23-16-7-2-1-3-8-16/h1-9,11-12H,10,13-14H2,(H2,20,24). The number of hydrogen-bond donors (Lipinski definition) is 1. The fourth-order valence-electron chi connectivity index (χ4n) is 2.57. The summed E-state index contributed by atoms with van der Waals surface area (Å²) in [6.45, 7) is 1.27. The van der Waals surface area contributed by atoms with Crippen LogP contribution in [0.15, 0.2) is 67.0 Å². The van der Waals surface area contributed by atoms with E-state index < -0.39 is 0 Å². The molecule has 4 nitrogen and oxygen atoms in total. The highest BCUT2D eigenvalue weighted by atomic mass is 32.1. The maximum absolute atomic E-state index is 5.81. The molecule has 0 fully saturated rings. The maximum Gasteiger partial charge on any atom is 0.119 e. The molecule has 1 heterocycles. The van der Waals surface area contributed by atoms with Gasteiger partial charge in [-0.15, -0.1) is 0 Å². The molecule has 0 aliphatic carbocycles. The van der Waals surface area contributed by atoms with Gasteiger partial charge in [0.1, 0.15) is 16.6 Å². The Labute approximate surface area is 146 Å². The van der Waals surface area contributed by atoms with Crippen LogP contribution in [0.1, 0.15) is 17.0 Å². The summed E-state index contributed by atoms with van der Waals surface area (Å²) in [7, 11) is 0. The van der Waals surface area contributed by atoms with Gasteiger partial charge < -0.3 is 15.0 Å². The minimum absolute atomic E-state index is 0.416. The van der Waals surface area contributed by atoms with Gasteiger partial charge in [-0.2, -0.15) is 0 Å². The number of para-hydroxylation sites is 1. The van der Waals surface area contributed by atoms with Crippen LogP contribution in [0.3, 0.4) is 0 Å². The van der Waals surface area contributed by atoms with E-state index in [-0.39, 0.29) is 0 Å². The minimum atomic E-state index is 0.416. The second kappa shape index (κ2) is 7.75. The average molecular weight is 337 g/mol. The summed E-state index contributed by atoms with van der Waals surface area (Å²) >= 11 is 5.14. The molecule has 3 aromatic rings. The lowest BCUT2D eigenvalue weighted by atomic mass is 10.1. The molecular formula is C19H19N3OS. The van der Waals surface area contributed by atoms with Crippen molar-refractivity contribution in [3.8, 4) is 5.75 Å². The Kier molecular flexibility index (Phi) is 5.23. The number of imidazole rings is 1. The van der Waals surface area contributed by atoms with Crippen LogP contribution < -0.4 is 10.5 Å². The highest BCUT2D eigenvalue weighted by molar-refractivity contribution is 7.80. The second-order valence-corrected chi connectivity index (χ2v) is 5.84. The van der Waals surface area contributed by atoms with Gasteiger partial charge in [0.25, 0.3) is 0 Å². The van der Waals surface area contributed by atoms with Gasteiger partial charge in [-0.05, 0) is 17.7 Å². The van der Waals surface area contributed by atoms with E-state index in [1.807, 2.05) is 60.8 Å². The highest BCUT2D eigenvalue weighted by Gasteiger charge is 2.08. The zero-order valence-corrected chi connectivity index (χ0v) is 14.1. The molecule has 0 aliphatic rings. The lowest BCUT2D eigenvalue weighted by molar-refractivity contribution is 0.317. The van der Waals surface area contributed by atoms with E-state index in [9.17, 15) is 0 Å². The van der Waals surface area contributed by atoms with Crippen molar-refractivity contribution in [2.75, 3.05) is 6.61 Å². The molecule has 5 heteroatoms. The molecule has 0 saturated heterocycles. The molecular weight excluding hydrogens is 318 g/mol. The summed E-state index contributed by atoms with van der Waals surface area (Å²) in [6, 6.07) is 17.7.